The quantitative estimate of drug-likeness (QED) is 0.847. The minimum absolute atomic E-state index is 0.668. The van der Waals surface area contributed by atoms with Crippen LogP contribution in [0.3, 0.4) is 0 Å². The van der Waals surface area contributed by atoms with E-state index < -0.39 is 0 Å². The van der Waals surface area contributed by atoms with Crippen LogP contribution in [0.15, 0.2) is 47.1 Å². The summed E-state index contributed by atoms with van der Waals surface area (Å²) in [6.45, 7) is 0.756. The number of furan rings is 1. The van der Waals surface area contributed by atoms with Crippen LogP contribution in [0.2, 0.25) is 0 Å². The molecule has 0 aliphatic carbocycles. The summed E-state index contributed by atoms with van der Waals surface area (Å²) in [5, 5.41) is 12.1. The summed E-state index contributed by atoms with van der Waals surface area (Å²) in [5.74, 6) is 0.946. The van der Waals surface area contributed by atoms with Crippen molar-refractivity contribution in [1.82, 2.24) is 0 Å². The molecule has 0 atom stereocenters. The molecule has 0 aliphatic rings. The highest BCUT2D eigenvalue weighted by molar-refractivity contribution is 5.57. The Morgan fingerprint density at radius 3 is 2.81 bits per heavy atom. The molecule has 0 amide bonds. The van der Waals surface area contributed by atoms with Crippen molar-refractivity contribution < 1.29 is 4.42 Å². The van der Waals surface area contributed by atoms with Crippen molar-refractivity contribution in [3.63, 3.8) is 0 Å². The molecule has 0 aliphatic heterocycles. The van der Waals surface area contributed by atoms with Gasteiger partial charge in [-0.15, -0.1) is 0 Å². The molecule has 2 rings (SSSR count). The first-order valence-electron chi connectivity index (χ1n) is 5.15. The first-order valence-corrected chi connectivity index (χ1v) is 5.15. The number of anilines is 1. The largest absolute Gasteiger partial charge is 0.469 e. The molecule has 3 nitrogen and oxygen atoms in total. The van der Waals surface area contributed by atoms with Crippen LogP contribution in [0.25, 0.3) is 0 Å². The fourth-order valence-corrected chi connectivity index (χ4v) is 1.51. The van der Waals surface area contributed by atoms with Crippen LogP contribution in [0.4, 0.5) is 5.69 Å². The predicted molar refractivity (Wildman–Crippen MR) is 62.1 cm³/mol. The van der Waals surface area contributed by atoms with Crippen molar-refractivity contribution in [2.45, 2.75) is 6.42 Å². The lowest BCUT2D eigenvalue weighted by atomic mass is 10.2. The molecule has 0 saturated carbocycles. The van der Waals surface area contributed by atoms with Crippen molar-refractivity contribution in [3.8, 4) is 6.07 Å². The van der Waals surface area contributed by atoms with E-state index in [0.717, 1.165) is 24.4 Å². The van der Waals surface area contributed by atoms with Gasteiger partial charge in [0.2, 0.25) is 0 Å². The summed E-state index contributed by atoms with van der Waals surface area (Å²) < 4.78 is 5.22. The van der Waals surface area contributed by atoms with Crippen molar-refractivity contribution in [3.05, 3.63) is 54.0 Å². The molecule has 0 fully saturated rings. The van der Waals surface area contributed by atoms with Crippen molar-refractivity contribution >= 4 is 5.69 Å². The van der Waals surface area contributed by atoms with E-state index >= 15 is 0 Å². The summed E-state index contributed by atoms with van der Waals surface area (Å²) in [6, 6.07) is 13.4. The molecule has 1 aromatic carbocycles. The highest BCUT2D eigenvalue weighted by Gasteiger charge is 2.00. The van der Waals surface area contributed by atoms with Gasteiger partial charge in [-0.25, -0.2) is 0 Å². The fraction of sp³-hybridized carbons (Fsp3) is 0.154. The monoisotopic (exact) mass is 212 g/mol. The molecule has 0 spiro atoms. The highest BCUT2D eigenvalue weighted by Crippen LogP contribution is 2.13. The van der Waals surface area contributed by atoms with Gasteiger partial charge in [-0.1, -0.05) is 12.1 Å². The Kier molecular flexibility index (Phi) is 3.25. The molecule has 0 radical (unpaired) electrons. The zero-order valence-electron chi connectivity index (χ0n) is 8.81. The second kappa shape index (κ2) is 5.04. The molecular weight excluding hydrogens is 200 g/mol. The Hall–Kier alpha value is -2.21. The number of benzene rings is 1. The van der Waals surface area contributed by atoms with E-state index in [0.29, 0.717) is 5.56 Å². The minimum atomic E-state index is 0.668. The topological polar surface area (TPSA) is 49.0 Å². The first kappa shape index (κ1) is 10.3. The molecule has 1 heterocycles. The van der Waals surface area contributed by atoms with Gasteiger partial charge in [-0.2, -0.15) is 5.26 Å². The average molecular weight is 212 g/mol. The second-order valence-corrected chi connectivity index (χ2v) is 3.41. The first-order chi connectivity index (χ1) is 7.90. The van der Waals surface area contributed by atoms with Crippen LogP contribution >= 0.6 is 0 Å². The third-order valence-electron chi connectivity index (χ3n) is 2.31. The number of nitriles is 1. The number of rotatable bonds is 4. The highest BCUT2D eigenvalue weighted by atomic mass is 16.3. The van der Waals surface area contributed by atoms with Crippen molar-refractivity contribution in [2.75, 3.05) is 11.9 Å². The summed E-state index contributed by atoms with van der Waals surface area (Å²) >= 11 is 0. The van der Waals surface area contributed by atoms with E-state index in [2.05, 4.69) is 11.4 Å². The molecule has 2 aromatic rings. The van der Waals surface area contributed by atoms with Crippen LogP contribution in [0.1, 0.15) is 11.3 Å². The summed E-state index contributed by atoms with van der Waals surface area (Å²) in [4.78, 5) is 0. The zero-order valence-corrected chi connectivity index (χ0v) is 8.81. The molecule has 1 aromatic heterocycles. The number of hydrogen-bond donors (Lipinski definition) is 1. The molecule has 3 heteroatoms. The lowest BCUT2D eigenvalue weighted by Gasteiger charge is -2.06. The maximum Gasteiger partial charge on any atom is 0.105 e. The normalized spacial score (nSPS) is 9.69. The smallest absolute Gasteiger partial charge is 0.105 e. The van der Waals surface area contributed by atoms with Crippen LogP contribution in [0, 0.1) is 11.3 Å². The maximum absolute atomic E-state index is 8.89. The third-order valence-corrected chi connectivity index (χ3v) is 2.31. The van der Waals surface area contributed by atoms with E-state index in [1.54, 1.807) is 12.3 Å². The van der Waals surface area contributed by atoms with E-state index in [1.165, 1.54) is 0 Å². The van der Waals surface area contributed by atoms with Crippen LogP contribution < -0.4 is 5.32 Å². The standard InChI is InChI=1S/C13H12N2O/c14-10-11-4-1-2-6-13(11)15-8-7-12-5-3-9-16-12/h1-6,9,15H,7-8H2. The van der Waals surface area contributed by atoms with E-state index in [4.69, 9.17) is 9.68 Å². The molecule has 0 saturated heterocycles. The average Bonchev–Trinajstić information content (AvgIpc) is 2.83. The van der Waals surface area contributed by atoms with E-state index in [1.807, 2.05) is 30.3 Å². The number of nitrogens with one attached hydrogen (secondary N) is 1. The molecule has 80 valence electrons. The molecule has 16 heavy (non-hydrogen) atoms. The predicted octanol–water partition coefficient (Wildman–Crippen LogP) is 2.81. The van der Waals surface area contributed by atoms with Crippen LogP contribution in [0.5, 0.6) is 0 Å². The summed E-state index contributed by atoms with van der Waals surface area (Å²) in [5.41, 5.74) is 1.54. The SMILES string of the molecule is N#Cc1ccccc1NCCc1ccco1. The lowest BCUT2D eigenvalue weighted by molar-refractivity contribution is 0.513. The van der Waals surface area contributed by atoms with Gasteiger partial charge in [0, 0.05) is 13.0 Å². The fourth-order valence-electron chi connectivity index (χ4n) is 1.51. The number of nitrogens with zero attached hydrogens (tertiary/aromatic N) is 1. The van der Waals surface area contributed by atoms with E-state index in [-0.39, 0.29) is 0 Å². The van der Waals surface area contributed by atoms with Crippen molar-refractivity contribution in [1.29, 1.82) is 5.26 Å². The van der Waals surface area contributed by atoms with Crippen LogP contribution in [-0.2, 0) is 6.42 Å². The minimum Gasteiger partial charge on any atom is -0.469 e. The van der Waals surface area contributed by atoms with Gasteiger partial charge in [0.05, 0.1) is 17.5 Å². The molecule has 0 bridgehead atoms. The van der Waals surface area contributed by atoms with Gasteiger partial charge in [-0.3, -0.25) is 0 Å². The Bertz CT molecular complexity index is 483. The van der Waals surface area contributed by atoms with E-state index in [9.17, 15) is 0 Å². The lowest BCUT2D eigenvalue weighted by Crippen LogP contribution is -2.05. The van der Waals surface area contributed by atoms with Gasteiger partial charge in [0.25, 0.3) is 0 Å². The van der Waals surface area contributed by atoms with Crippen LogP contribution in [-0.4, -0.2) is 6.54 Å². The van der Waals surface area contributed by atoms with Gasteiger partial charge in [-0.05, 0) is 24.3 Å². The summed E-state index contributed by atoms with van der Waals surface area (Å²) in [6.07, 6.45) is 2.48. The van der Waals surface area contributed by atoms with Gasteiger partial charge < -0.3 is 9.73 Å². The Morgan fingerprint density at radius 2 is 2.06 bits per heavy atom. The van der Waals surface area contributed by atoms with Gasteiger partial charge in [0.1, 0.15) is 11.8 Å². The maximum atomic E-state index is 8.89. The number of para-hydroxylation sites is 1. The molecule has 0 unspecified atom stereocenters. The summed E-state index contributed by atoms with van der Waals surface area (Å²) in [7, 11) is 0. The van der Waals surface area contributed by atoms with Gasteiger partial charge >= 0.3 is 0 Å². The second-order valence-electron chi connectivity index (χ2n) is 3.41. The van der Waals surface area contributed by atoms with Crippen molar-refractivity contribution in [2.24, 2.45) is 0 Å². The zero-order chi connectivity index (χ0) is 11.2. The number of hydrogen-bond acceptors (Lipinski definition) is 3. The molecular formula is C13H12N2O. The van der Waals surface area contributed by atoms with Gasteiger partial charge in [0.15, 0.2) is 0 Å². The Morgan fingerprint density at radius 1 is 1.19 bits per heavy atom. The Balaban J connectivity index is 1.93. The third kappa shape index (κ3) is 2.43. The molecule has 1 N–H and O–H groups in total. The Labute approximate surface area is 94.3 Å².